The van der Waals surface area contributed by atoms with Crippen LogP contribution in [0, 0.1) is 0 Å². The topological polar surface area (TPSA) is 30.5 Å². The zero-order valence-electron chi connectivity index (χ0n) is 11.8. The van der Waals surface area contributed by atoms with Crippen LogP contribution in [0.5, 0.6) is 11.5 Å². The maximum atomic E-state index is 5.43. The molecule has 1 unspecified atom stereocenters. The molecule has 0 radical (unpaired) electrons. The number of benzene rings is 1. The molecule has 1 aliphatic heterocycles. The first kappa shape index (κ1) is 13.2. The van der Waals surface area contributed by atoms with Gasteiger partial charge in [0.25, 0.3) is 0 Å². The summed E-state index contributed by atoms with van der Waals surface area (Å²) in [6.45, 7) is 5.55. The molecule has 0 aromatic heterocycles. The summed E-state index contributed by atoms with van der Waals surface area (Å²) >= 11 is 0. The third kappa shape index (κ3) is 2.19. The Hall–Kier alpha value is -1.22. The van der Waals surface area contributed by atoms with Crippen LogP contribution in [0.2, 0.25) is 0 Å². The highest BCUT2D eigenvalue weighted by Crippen LogP contribution is 2.39. The minimum Gasteiger partial charge on any atom is -0.493 e. The molecule has 0 saturated carbocycles. The molecule has 1 heterocycles. The highest BCUT2D eigenvalue weighted by molar-refractivity contribution is 5.50. The largest absolute Gasteiger partial charge is 0.493 e. The van der Waals surface area contributed by atoms with Gasteiger partial charge in [0.15, 0.2) is 11.5 Å². The molecule has 1 atom stereocenters. The Morgan fingerprint density at radius 2 is 1.89 bits per heavy atom. The van der Waals surface area contributed by atoms with Crippen LogP contribution in [-0.2, 0) is 12.0 Å². The molecule has 18 heavy (non-hydrogen) atoms. The fraction of sp³-hybridized carbons (Fsp3) is 0.600. The van der Waals surface area contributed by atoms with E-state index >= 15 is 0 Å². The van der Waals surface area contributed by atoms with E-state index in [1.54, 1.807) is 14.2 Å². The number of rotatable bonds is 4. The smallest absolute Gasteiger partial charge is 0.161 e. The van der Waals surface area contributed by atoms with Gasteiger partial charge in [0.1, 0.15) is 0 Å². The Bertz CT molecular complexity index is 423. The fourth-order valence-corrected chi connectivity index (χ4v) is 2.85. The summed E-state index contributed by atoms with van der Waals surface area (Å²) in [6.07, 6.45) is 3.41. The van der Waals surface area contributed by atoms with E-state index in [9.17, 15) is 0 Å². The predicted molar refractivity (Wildman–Crippen MR) is 73.5 cm³/mol. The van der Waals surface area contributed by atoms with E-state index in [2.05, 4.69) is 31.3 Å². The summed E-state index contributed by atoms with van der Waals surface area (Å²) in [6, 6.07) is 4.25. The molecule has 0 aliphatic carbocycles. The predicted octanol–water partition coefficient (Wildman–Crippen LogP) is 2.86. The monoisotopic (exact) mass is 249 g/mol. The van der Waals surface area contributed by atoms with Crippen molar-refractivity contribution in [1.29, 1.82) is 0 Å². The second kappa shape index (κ2) is 5.19. The molecule has 0 amide bonds. The van der Waals surface area contributed by atoms with Crippen LogP contribution in [0.25, 0.3) is 0 Å². The van der Waals surface area contributed by atoms with Gasteiger partial charge in [0.05, 0.1) is 14.2 Å². The summed E-state index contributed by atoms with van der Waals surface area (Å²) in [7, 11) is 3.38. The van der Waals surface area contributed by atoms with Crippen molar-refractivity contribution in [3.05, 3.63) is 23.3 Å². The maximum absolute atomic E-state index is 5.43. The summed E-state index contributed by atoms with van der Waals surface area (Å²) in [5.41, 5.74) is 2.76. The number of hydrogen-bond acceptors (Lipinski definition) is 3. The standard InChI is InChI=1S/C15H23NO2/c1-5-11-9-13(17-3)14(18-4)10-12(11)15(2)7-6-8-16-15/h9-10,16H,5-8H2,1-4H3. The van der Waals surface area contributed by atoms with E-state index in [0.29, 0.717) is 0 Å². The van der Waals surface area contributed by atoms with Gasteiger partial charge in [-0.05, 0) is 56.0 Å². The second-order valence-corrected chi connectivity index (χ2v) is 5.08. The van der Waals surface area contributed by atoms with E-state index in [1.165, 1.54) is 24.0 Å². The van der Waals surface area contributed by atoms with Crippen molar-refractivity contribution in [2.45, 2.75) is 38.6 Å². The number of aryl methyl sites for hydroxylation is 1. The highest BCUT2D eigenvalue weighted by atomic mass is 16.5. The zero-order chi connectivity index (χ0) is 13.2. The molecule has 3 heteroatoms. The lowest BCUT2D eigenvalue weighted by molar-refractivity contribution is 0.350. The summed E-state index contributed by atoms with van der Waals surface area (Å²) < 4.78 is 10.8. The quantitative estimate of drug-likeness (QED) is 0.890. The fourth-order valence-electron chi connectivity index (χ4n) is 2.85. The van der Waals surface area contributed by atoms with Gasteiger partial charge in [-0.15, -0.1) is 0 Å². The molecule has 1 saturated heterocycles. The summed E-state index contributed by atoms with van der Waals surface area (Å²) in [5, 5.41) is 3.62. The SMILES string of the molecule is CCc1cc(OC)c(OC)cc1C1(C)CCCN1. The van der Waals surface area contributed by atoms with Crippen molar-refractivity contribution in [2.75, 3.05) is 20.8 Å². The maximum Gasteiger partial charge on any atom is 0.161 e. The number of ether oxygens (including phenoxy) is 2. The van der Waals surface area contributed by atoms with Crippen molar-refractivity contribution < 1.29 is 9.47 Å². The van der Waals surface area contributed by atoms with Crippen LogP contribution in [0.1, 0.15) is 37.8 Å². The Kier molecular flexibility index (Phi) is 3.81. The molecule has 1 N–H and O–H groups in total. The van der Waals surface area contributed by atoms with Crippen LogP contribution in [0.15, 0.2) is 12.1 Å². The molecule has 0 bridgehead atoms. The Labute approximate surface area is 109 Å². The first-order valence-corrected chi connectivity index (χ1v) is 6.65. The van der Waals surface area contributed by atoms with E-state index in [-0.39, 0.29) is 5.54 Å². The van der Waals surface area contributed by atoms with Gasteiger partial charge in [0.2, 0.25) is 0 Å². The van der Waals surface area contributed by atoms with E-state index in [0.717, 1.165) is 24.5 Å². The van der Waals surface area contributed by atoms with Gasteiger partial charge in [0, 0.05) is 5.54 Å². The zero-order valence-corrected chi connectivity index (χ0v) is 11.8. The molecule has 1 aliphatic rings. The molecule has 2 rings (SSSR count). The van der Waals surface area contributed by atoms with Crippen molar-refractivity contribution in [3.8, 4) is 11.5 Å². The van der Waals surface area contributed by atoms with Crippen molar-refractivity contribution in [2.24, 2.45) is 0 Å². The molecule has 1 fully saturated rings. The third-order valence-corrected chi connectivity index (χ3v) is 3.95. The third-order valence-electron chi connectivity index (χ3n) is 3.95. The Morgan fingerprint density at radius 3 is 2.39 bits per heavy atom. The molecule has 3 nitrogen and oxygen atoms in total. The lowest BCUT2D eigenvalue weighted by Crippen LogP contribution is -2.34. The van der Waals surface area contributed by atoms with Crippen LogP contribution in [-0.4, -0.2) is 20.8 Å². The molecular formula is C15H23NO2. The number of nitrogens with one attached hydrogen (secondary N) is 1. The Balaban J connectivity index is 2.51. The van der Waals surface area contributed by atoms with Crippen LogP contribution in [0.3, 0.4) is 0 Å². The summed E-state index contributed by atoms with van der Waals surface area (Å²) in [4.78, 5) is 0. The first-order valence-electron chi connectivity index (χ1n) is 6.65. The van der Waals surface area contributed by atoms with Gasteiger partial charge in [-0.3, -0.25) is 0 Å². The molecule has 1 aromatic rings. The lowest BCUT2D eigenvalue weighted by Gasteiger charge is -2.28. The normalized spacial score (nSPS) is 23.1. The minimum absolute atomic E-state index is 0.0743. The van der Waals surface area contributed by atoms with E-state index < -0.39 is 0 Å². The molecular weight excluding hydrogens is 226 g/mol. The average molecular weight is 249 g/mol. The van der Waals surface area contributed by atoms with E-state index in [4.69, 9.17) is 9.47 Å². The van der Waals surface area contributed by atoms with Crippen LogP contribution >= 0.6 is 0 Å². The van der Waals surface area contributed by atoms with Gasteiger partial charge < -0.3 is 14.8 Å². The summed E-state index contributed by atoms with van der Waals surface area (Å²) in [5.74, 6) is 1.64. The van der Waals surface area contributed by atoms with Gasteiger partial charge in [-0.1, -0.05) is 6.92 Å². The molecule has 0 spiro atoms. The highest BCUT2D eigenvalue weighted by Gasteiger charge is 2.32. The van der Waals surface area contributed by atoms with Crippen LogP contribution in [0.4, 0.5) is 0 Å². The average Bonchev–Trinajstić information content (AvgIpc) is 2.85. The van der Waals surface area contributed by atoms with Crippen molar-refractivity contribution >= 4 is 0 Å². The van der Waals surface area contributed by atoms with Crippen molar-refractivity contribution in [3.63, 3.8) is 0 Å². The second-order valence-electron chi connectivity index (χ2n) is 5.08. The van der Waals surface area contributed by atoms with Gasteiger partial charge in [-0.25, -0.2) is 0 Å². The molecule has 1 aromatic carbocycles. The first-order chi connectivity index (χ1) is 8.64. The van der Waals surface area contributed by atoms with Gasteiger partial charge >= 0.3 is 0 Å². The lowest BCUT2D eigenvalue weighted by atomic mass is 9.85. The van der Waals surface area contributed by atoms with Gasteiger partial charge in [-0.2, -0.15) is 0 Å². The number of hydrogen-bond donors (Lipinski definition) is 1. The van der Waals surface area contributed by atoms with Crippen LogP contribution < -0.4 is 14.8 Å². The van der Waals surface area contributed by atoms with E-state index in [1.807, 2.05) is 0 Å². The minimum atomic E-state index is 0.0743. The number of methoxy groups -OCH3 is 2. The Morgan fingerprint density at radius 1 is 1.22 bits per heavy atom. The molecule has 100 valence electrons. The van der Waals surface area contributed by atoms with Crippen molar-refractivity contribution in [1.82, 2.24) is 5.32 Å².